The van der Waals surface area contributed by atoms with Gasteiger partial charge in [0.15, 0.2) is 0 Å². The van der Waals surface area contributed by atoms with Crippen LogP contribution in [0.4, 0.5) is 0 Å². The monoisotopic (exact) mass is 531 g/mol. The summed E-state index contributed by atoms with van der Waals surface area (Å²) in [5.41, 5.74) is 9.07. The van der Waals surface area contributed by atoms with Gasteiger partial charge in [0.25, 0.3) is 0 Å². The average Bonchev–Trinajstić information content (AvgIpc) is 3.28. The van der Waals surface area contributed by atoms with E-state index < -0.39 is 0 Å². The van der Waals surface area contributed by atoms with Crippen molar-refractivity contribution in [1.82, 2.24) is 4.57 Å². The van der Waals surface area contributed by atoms with E-state index in [4.69, 9.17) is 0 Å². The SMILES string of the molecule is CC(C)(C)c1ccc2c3ccc(C(C)(C)C)cc3n(-c3ccc4ccccc4c3-c3cccc4ccccc34)c2c1. The predicted molar refractivity (Wildman–Crippen MR) is 179 cm³/mol. The highest BCUT2D eigenvalue weighted by atomic mass is 15.0. The molecule has 0 aliphatic heterocycles. The van der Waals surface area contributed by atoms with Crippen LogP contribution in [0.2, 0.25) is 0 Å². The molecule has 0 unspecified atom stereocenters. The van der Waals surface area contributed by atoms with E-state index in [2.05, 4.69) is 161 Å². The molecule has 0 atom stereocenters. The van der Waals surface area contributed by atoms with Gasteiger partial charge in [-0.15, -0.1) is 0 Å². The minimum Gasteiger partial charge on any atom is -0.309 e. The van der Waals surface area contributed by atoms with Crippen LogP contribution in [0.1, 0.15) is 52.7 Å². The molecule has 1 heteroatoms. The van der Waals surface area contributed by atoms with Gasteiger partial charge in [-0.1, -0.05) is 139 Å². The van der Waals surface area contributed by atoms with Gasteiger partial charge < -0.3 is 4.57 Å². The molecule has 0 spiro atoms. The zero-order valence-corrected chi connectivity index (χ0v) is 24.9. The van der Waals surface area contributed by atoms with Crippen molar-refractivity contribution in [3.63, 3.8) is 0 Å². The molecule has 1 heterocycles. The van der Waals surface area contributed by atoms with Crippen LogP contribution >= 0.6 is 0 Å². The summed E-state index contributed by atoms with van der Waals surface area (Å²) in [5.74, 6) is 0. The van der Waals surface area contributed by atoms with Gasteiger partial charge in [-0.2, -0.15) is 0 Å². The van der Waals surface area contributed by atoms with Crippen LogP contribution in [0, 0.1) is 0 Å². The number of benzene rings is 6. The molecule has 7 aromatic rings. The van der Waals surface area contributed by atoms with E-state index in [1.165, 1.54) is 71.3 Å². The molecular weight excluding hydrogens is 494 g/mol. The quantitative estimate of drug-likeness (QED) is 0.209. The maximum absolute atomic E-state index is 2.54. The van der Waals surface area contributed by atoms with Crippen LogP contribution in [0.25, 0.3) is 60.2 Å². The number of aromatic nitrogens is 1. The molecule has 0 bridgehead atoms. The Hall–Kier alpha value is -4.36. The van der Waals surface area contributed by atoms with Gasteiger partial charge in [0, 0.05) is 16.3 Å². The van der Waals surface area contributed by atoms with Crippen LogP contribution in [-0.2, 0) is 10.8 Å². The summed E-state index contributed by atoms with van der Waals surface area (Å²) in [7, 11) is 0. The molecule has 0 N–H and O–H groups in total. The molecule has 0 radical (unpaired) electrons. The Kier molecular flexibility index (Phi) is 5.67. The van der Waals surface area contributed by atoms with Gasteiger partial charge in [-0.25, -0.2) is 0 Å². The van der Waals surface area contributed by atoms with Crippen molar-refractivity contribution in [2.24, 2.45) is 0 Å². The molecule has 1 aromatic heterocycles. The first kappa shape index (κ1) is 25.6. The molecule has 7 rings (SSSR count). The predicted octanol–water partition coefficient (Wildman–Crippen LogP) is 11.4. The minimum atomic E-state index is 0.0495. The summed E-state index contributed by atoms with van der Waals surface area (Å²) >= 11 is 0. The van der Waals surface area contributed by atoms with Crippen LogP contribution in [0.15, 0.2) is 115 Å². The fourth-order valence-corrected chi connectivity index (χ4v) is 6.38. The highest BCUT2D eigenvalue weighted by Gasteiger charge is 2.23. The molecule has 0 aliphatic rings. The van der Waals surface area contributed by atoms with Gasteiger partial charge >= 0.3 is 0 Å². The molecule has 6 aromatic carbocycles. The minimum absolute atomic E-state index is 0.0495. The first-order valence-corrected chi connectivity index (χ1v) is 14.7. The molecular formula is C40H37N. The lowest BCUT2D eigenvalue weighted by molar-refractivity contribution is 0.591. The number of fused-ring (bicyclic) bond motifs is 5. The maximum atomic E-state index is 2.54. The summed E-state index contributed by atoms with van der Waals surface area (Å²) in [6.45, 7) is 13.8. The fourth-order valence-electron chi connectivity index (χ4n) is 6.38. The third kappa shape index (κ3) is 4.15. The largest absolute Gasteiger partial charge is 0.309 e. The van der Waals surface area contributed by atoms with Crippen LogP contribution < -0.4 is 0 Å². The normalized spacial score (nSPS) is 12.6. The smallest absolute Gasteiger partial charge is 0.0547 e. The third-order valence-corrected chi connectivity index (χ3v) is 8.71. The van der Waals surface area contributed by atoms with Gasteiger partial charge in [0.1, 0.15) is 0 Å². The molecule has 0 saturated carbocycles. The zero-order valence-electron chi connectivity index (χ0n) is 24.9. The Balaban J connectivity index is 1.69. The lowest BCUT2D eigenvalue weighted by Gasteiger charge is -2.22. The van der Waals surface area contributed by atoms with Gasteiger partial charge in [0.2, 0.25) is 0 Å². The molecule has 202 valence electrons. The summed E-state index contributed by atoms with van der Waals surface area (Å²) in [4.78, 5) is 0. The van der Waals surface area contributed by atoms with Crippen molar-refractivity contribution >= 4 is 43.4 Å². The summed E-state index contributed by atoms with van der Waals surface area (Å²) in [6, 6.07) is 43.1. The Labute approximate surface area is 243 Å². The Morgan fingerprint density at radius 1 is 0.439 bits per heavy atom. The van der Waals surface area contributed by atoms with Gasteiger partial charge in [-0.05, 0) is 67.3 Å². The molecule has 0 fully saturated rings. The second-order valence-corrected chi connectivity index (χ2v) is 13.5. The number of hydrogen-bond donors (Lipinski definition) is 0. The second-order valence-electron chi connectivity index (χ2n) is 13.5. The molecule has 1 nitrogen and oxygen atoms in total. The topological polar surface area (TPSA) is 4.93 Å². The maximum Gasteiger partial charge on any atom is 0.0547 e. The second kappa shape index (κ2) is 9.08. The lowest BCUT2D eigenvalue weighted by Crippen LogP contribution is -2.11. The van der Waals surface area contributed by atoms with E-state index in [0.29, 0.717) is 0 Å². The highest BCUT2D eigenvalue weighted by molar-refractivity contribution is 6.13. The van der Waals surface area contributed by atoms with Crippen LogP contribution in [0.3, 0.4) is 0 Å². The van der Waals surface area contributed by atoms with E-state index in [1.807, 2.05) is 0 Å². The van der Waals surface area contributed by atoms with Crippen molar-refractivity contribution in [3.8, 4) is 16.8 Å². The summed E-state index contributed by atoms with van der Waals surface area (Å²) < 4.78 is 2.54. The Bertz CT molecular complexity index is 2030. The first-order valence-electron chi connectivity index (χ1n) is 14.7. The number of hydrogen-bond acceptors (Lipinski definition) is 0. The Morgan fingerprint density at radius 2 is 0.951 bits per heavy atom. The van der Waals surface area contributed by atoms with Crippen molar-refractivity contribution < 1.29 is 0 Å². The number of rotatable bonds is 2. The Morgan fingerprint density at radius 3 is 1.54 bits per heavy atom. The van der Waals surface area contributed by atoms with Crippen LogP contribution in [-0.4, -0.2) is 4.57 Å². The highest BCUT2D eigenvalue weighted by Crippen LogP contribution is 2.43. The zero-order chi connectivity index (χ0) is 28.5. The lowest BCUT2D eigenvalue weighted by atomic mass is 9.86. The molecule has 0 saturated heterocycles. The molecule has 41 heavy (non-hydrogen) atoms. The van der Waals surface area contributed by atoms with Gasteiger partial charge in [0.05, 0.1) is 16.7 Å². The van der Waals surface area contributed by atoms with Crippen LogP contribution in [0.5, 0.6) is 0 Å². The van der Waals surface area contributed by atoms with E-state index >= 15 is 0 Å². The first-order chi connectivity index (χ1) is 19.6. The van der Waals surface area contributed by atoms with E-state index in [-0.39, 0.29) is 10.8 Å². The standard InChI is InChI=1S/C40H37N/c1-39(2,3)28-19-21-32-33-22-20-29(40(4,5)6)25-37(33)41(36(32)24-28)35-23-18-27-13-8-10-16-31(27)38(35)34-17-11-14-26-12-7-9-15-30(26)34/h7-25H,1-6H3. The average molecular weight is 532 g/mol. The summed E-state index contributed by atoms with van der Waals surface area (Å²) in [6.07, 6.45) is 0. The van der Waals surface area contributed by atoms with E-state index in [1.54, 1.807) is 0 Å². The van der Waals surface area contributed by atoms with Gasteiger partial charge in [-0.3, -0.25) is 0 Å². The van der Waals surface area contributed by atoms with E-state index in [0.717, 1.165) is 0 Å². The van der Waals surface area contributed by atoms with Crippen molar-refractivity contribution in [2.45, 2.75) is 52.4 Å². The third-order valence-electron chi connectivity index (χ3n) is 8.71. The summed E-state index contributed by atoms with van der Waals surface area (Å²) in [5, 5.41) is 7.66. The molecule has 0 aliphatic carbocycles. The van der Waals surface area contributed by atoms with Crippen molar-refractivity contribution in [1.29, 1.82) is 0 Å². The molecule has 0 amide bonds. The number of nitrogens with zero attached hydrogens (tertiary/aromatic N) is 1. The van der Waals surface area contributed by atoms with Crippen molar-refractivity contribution in [3.05, 3.63) is 126 Å². The van der Waals surface area contributed by atoms with Crippen molar-refractivity contribution in [2.75, 3.05) is 0 Å². The fraction of sp³-hybridized carbons (Fsp3) is 0.200. The van der Waals surface area contributed by atoms with E-state index in [9.17, 15) is 0 Å².